The van der Waals surface area contributed by atoms with Gasteiger partial charge >= 0.3 is 0 Å². The number of fused-ring (bicyclic) bond motifs is 1. The standard InChI is InChI=1S/C13H17BrN2O2/c1-18-11(8-15)7-13(17)16-5-4-9-2-3-10(14)6-12(9)16/h2-3,6,11H,4-5,7-8,15H2,1H3. The van der Waals surface area contributed by atoms with Crippen LogP contribution in [0.25, 0.3) is 0 Å². The lowest BCUT2D eigenvalue weighted by atomic mass is 10.2. The normalized spacial score (nSPS) is 15.6. The van der Waals surface area contributed by atoms with Crippen molar-refractivity contribution in [3.05, 3.63) is 28.2 Å². The lowest BCUT2D eigenvalue weighted by Crippen LogP contribution is -2.35. The van der Waals surface area contributed by atoms with E-state index in [9.17, 15) is 4.79 Å². The number of halogens is 1. The molecule has 0 radical (unpaired) electrons. The molecule has 0 bridgehead atoms. The lowest BCUT2D eigenvalue weighted by Gasteiger charge is -2.20. The number of nitrogens with zero attached hydrogens (tertiary/aromatic N) is 1. The monoisotopic (exact) mass is 312 g/mol. The number of amides is 1. The van der Waals surface area contributed by atoms with Gasteiger partial charge in [-0.15, -0.1) is 0 Å². The van der Waals surface area contributed by atoms with E-state index in [-0.39, 0.29) is 12.0 Å². The fourth-order valence-corrected chi connectivity index (χ4v) is 2.53. The molecule has 5 heteroatoms. The van der Waals surface area contributed by atoms with E-state index in [0.717, 1.165) is 23.1 Å². The van der Waals surface area contributed by atoms with Gasteiger partial charge in [0.1, 0.15) is 0 Å². The molecule has 1 aliphatic rings. The van der Waals surface area contributed by atoms with Crippen molar-refractivity contribution in [3.63, 3.8) is 0 Å². The summed E-state index contributed by atoms with van der Waals surface area (Å²) < 4.78 is 6.15. The van der Waals surface area contributed by atoms with E-state index in [2.05, 4.69) is 22.0 Å². The van der Waals surface area contributed by atoms with Crippen LogP contribution >= 0.6 is 15.9 Å². The van der Waals surface area contributed by atoms with Gasteiger partial charge in [0.15, 0.2) is 0 Å². The van der Waals surface area contributed by atoms with Gasteiger partial charge < -0.3 is 15.4 Å². The number of rotatable bonds is 4. The van der Waals surface area contributed by atoms with Crippen molar-refractivity contribution in [2.75, 3.05) is 25.1 Å². The predicted octanol–water partition coefficient (Wildman–Crippen LogP) is 1.70. The van der Waals surface area contributed by atoms with Crippen LogP contribution in [-0.4, -0.2) is 32.2 Å². The Morgan fingerprint density at radius 1 is 1.61 bits per heavy atom. The van der Waals surface area contributed by atoms with Crippen molar-refractivity contribution in [2.45, 2.75) is 18.9 Å². The molecule has 0 aromatic heterocycles. The zero-order valence-corrected chi connectivity index (χ0v) is 11.9. The zero-order chi connectivity index (χ0) is 13.1. The number of hydrogen-bond acceptors (Lipinski definition) is 3. The number of carbonyl (C=O) groups is 1. The molecule has 98 valence electrons. The van der Waals surface area contributed by atoms with Crippen LogP contribution < -0.4 is 10.6 Å². The van der Waals surface area contributed by atoms with E-state index < -0.39 is 0 Å². The Balaban J connectivity index is 2.13. The second-order valence-electron chi connectivity index (χ2n) is 4.37. The molecule has 0 saturated heterocycles. The van der Waals surface area contributed by atoms with Gasteiger partial charge in [-0.3, -0.25) is 4.79 Å². The summed E-state index contributed by atoms with van der Waals surface area (Å²) in [6, 6.07) is 6.05. The van der Waals surface area contributed by atoms with E-state index in [1.54, 1.807) is 7.11 Å². The molecule has 1 unspecified atom stereocenters. The molecule has 1 atom stereocenters. The minimum Gasteiger partial charge on any atom is -0.380 e. The highest BCUT2D eigenvalue weighted by molar-refractivity contribution is 9.10. The molecule has 4 nitrogen and oxygen atoms in total. The predicted molar refractivity (Wildman–Crippen MR) is 74.7 cm³/mol. The molecule has 1 aliphatic heterocycles. The van der Waals surface area contributed by atoms with Gasteiger partial charge in [0.25, 0.3) is 0 Å². The van der Waals surface area contributed by atoms with Crippen molar-refractivity contribution in [2.24, 2.45) is 5.73 Å². The Hall–Kier alpha value is -0.910. The van der Waals surface area contributed by atoms with Crippen molar-refractivity contribution in [1.82, 2.24) is 0 Å². The van der Waals surface area contributed by atoms with Crippen LogP contribution in [0.15, 0.2) is 22.7 Å². The number of anilines is 1. The molecule has 1 aromatic carbocycles. The summed E-state index contributed by atoms with van der Waals surface area (Å²) in [6.45, 7) is 1.10. The first-order chi connectivity index (χ1) is 8.65. The Morgan fingerprint density at radius 3 is 3.06 bits per heavy atom. The minimum absolute atomic E-state index is 0.0733. The molecule has 1 amide bonds. The van der Waals surface area contributed by atoms with Crippen LogP contribution in [-0.2, 0) is 16.0 Å². The summed E-state index contributed by atoms with van der Waals surface area (Å²) in [5, 5.41) is 0. The molecular weight excluding hydrogens is 296 g/mol. The van der Waals surface area contributed by atoms with Crippen LogP contribution in [0.2, 0.25) is 0 Å². The molecule has 1 heterocycles. The molecule has 0 spiro atoms. The Morgan fingerprint density at radius 2 is 2.39 bits per heavy atom. The van der Waals surface area contributed by atoms with Gasteiger partial charge in [0.2, 0.25) is 5.91 Å². The lowest BCUT2D eigenvalue weighted by molar-refractivity contribution is -0.120. The Labute approximate surface area is 115 Å². The number of carbonyl (C=O) groups excluding carboxylic acids is 1. The van der Waals surface area contributed by atoms with E-state index in [0.29, 0.717) is 13.0 Å². The van der Waals surface area contributed by atoms with Crippen LogP contribution in [0.3, 0.4) is 0 Å². The number of nitrogens with two attached hydrogens (primary N) is 1. The third-order valence-corrected chi connectivity index (χ3v) is 3.74. The Kier molecular flexibility index (Phi) is 4.37. The van der Waals surface area contributed by atoms with Crippen LogP contribution in [0.4, 0.5) is 5.69 Å². The number of benzene rings is 1. The van der Waals surface area contributed by atoms with Crippen molar-refractivity contribution in [1.29, 1.82) is 0 Å². The number of hydrogen-bond donors (Lipinski definition) is 1. The third kappa shape index (κ3) is 2.74. The van der Waals surface area contributed by atoms with Gasteiger partial charge in [0.05, 0.1) is 12.5 Å². The minimum atomic E-state index is -0.200. The summed E-state index contributed by atoms with van der Waals surface area (Å²) in [5.41, 5.74) is 7.76. The maximum absolute atomic E-state index is 12.2. The molecule has 1 aromatic rings. The summed E-state index contributed by atoms with van der Waals surface area (Å²) >= 11 is 3.44. The van der Waals surface area contributed by atoms with Gasteiger partial charge in [-0.1, -0.05) is 22.0 Å². The van der Waals surface area contributed by atoms with Gasteiger partial charge in [0, 0.05) is 30.4 Å². The van der Waals surface area contributed by atoms with E-state index in [1.165, 1.54) is 5.56 Å². The van der Waals surface area contributed by atoms with E-state index >= 15 is 0 Å². The van der Waals surface area contributed by atoms with Crippen molar-refractivity contribution in [3.8, 4) is 0 Å². The highest BCUT2D eigenvalue weighted by Gasteiger charge is 2.26. The summed E-state index contributed by atoms with van der Waals surface area (Å²) in [6.07, 6.45) is 1.04. The van der Waals surface area contributed by atoms with Crippen LogP contribution in [0.1, 0.15) is 12.0 Å². The topological polar surface area (TPSA) is 55.6 Å². The van der Waals surface area contributed by atoms with Gasteiger partial charge in [-0.25, -0.2) is 0 Å². The van der Waals surface area contributed by atoms with Crippen LogP contribution in [0, 0.1) is 0 Å². The fraction of sp³-hybridized carbons (Fsp3) is 0.462. The van der Waals surface area contributed by atoms with E-state index in [1.807, 2.05) is 17.0 Å². The first kappa shape index (κ1) is 13.5. The first-order valence-corrected chi connectivity index (χ1v) is 6.76. The summed E-state index contributed by atoms with van der Waals surface area (Å²) in [4.78, 5) is 14.0. The average molecular weight is 313 g/mol. The van der Waals surface area contributed by atoms with Crippen molar-refractivity contribution >= 4 is 27.5 Å². The van der Waals surface area contributed by atoms with Gasteiger partial charge in [-0.05, 0) is 24.1 Å². The van der Waals surface area contributed by atoms with E-state index in [4.69, 9.17) is 10.5 Å². The van der Waals surface area contributed by atoms with Crippen molar-refractivity contribution < 1.29 is 9.53 Å². The number of methoxy groups -OCH3 is 1. The largest absolute Gasteiger partial charge is 0.380 e. The molecule has 18 heavy (non-hydrogen) atoms. The first-order valence-electron chi connectivity index (χ1n) is 5.97. The summed E-state index contributed by atoms with van der Waals surface area (Å²) in [5.74, 6) is 0.0733. The quantitative estimate of drug-likeness (QED) is 0.920. The highest BCUT2D eigenvalue weighted by atomic mass is 79.9. The zero-order valence-electron chi connectivity index (χ0n) is 10.4. The molecule has 0 aliphatic carbocycles. The fourth-order valence-electron chi connectivity index (χ4n) is 2.18. The van der Waals surface area contributed by atoms with Gasteiger partial charge in [-0.2, -0.15) is 0 Å². The second-order valence-corrected chi connectivity index (χ2v) is 5.28. The average Bonchev–Trinajstić information content (AvgIpc) is 2.78. The molecular formula is C13H17BrN2O2. The Bertz CT molecular complexity index is 447. The maximum atomic E-state index is 12.2. The molecule has 2 N–H and O–H groups in total. The molecule has 0 fully saturated rings. The number of ether oxygens (including phenoxy) is 1. The summed E-state index contributed by atoms with van der Waals surface area (Å²) in [7, 11) is 1.58. The SMILES string of the molecule is COC(CN)CC(=O)N1CCc2ccc(Br)cc21. The second kappa shape index (κ2) is 5.82. The maximum Gasteiger partial charge on any atom is 0.229 e. The molecule has 2 rings (SSSR count). The smallest absolute Gasteiger partial charge is 0.229 e. The highest BCUT2D eigenvalue weighted by Crippen LogP contribution is 2.31. The van der Waals surface area contributed by atoms with Crippen LogP contribution in [0.5, 0.6) is 0 Å². The molecule has 0 saturated carbocycles. The third-order valence-electron chi connectivity index (χ3n) is 3.24.